The quantitative estimate of drug-likeness (QED) is 0.653. The molecule has 0 saturated heterocycles. The molecule has 0 atom stereocenters. The van der Waals surface area contributed by atoms with Crippen LogP contribution in [0, 0.1) is 0 Å². The topological polar surface area (TPSA) is 97.1 Å². The van der Waals surface area contributed by atoms with Crippen molar-refractivity contribution >= 4 is 17.6 Å². The van der Waals surface area contributed by atoms with Gasteiger partial charge in [0.05, 0.1) is 5.56 Å². The van der Waals surface area contributed by atoms with Gasteiger partial charge in [-0.25, -0.2) is 4.98 Å². The second-order valence-corrected chi connectivity index (χ2v) is 3.43. The molecular formula is C11H16N4O2. The average molecular weight is 236 g/mol. The lowest BCUT2D eigenvalue weighted by Gasteiger charge is -2.05. The number of nitrogens with one attached hydrogen (secondary N) is 2. The summed E-state index contributed by atoms with van der Waals surface area (Å²) in [5, 5.41) is 5.61. The number of anilines is 1. The molecule has 0 saturated carbocycles. The predicted octanol–water partition coefficient (Wildman–Crippen LogP) is 0.119. The van der Waals surface area contributed by atoms with E-state index in [9.17, 15) is 9.59 Å². The first-order valence-electron chi connectivity index (χ1n) is 5.40. The summed E-state index contributed by atoms with van der Waals surface area (Å²) in [6.45, 7) is 2.98. The Morgan fingerprint density at radius 1 is 1.41 bits per heavy atom. The van der Waals surface area contributed by atoms with Gasteiger partial charge in [0.1, 0.15) is 5.82 Å². The standard InChI is InChI=1S/C11H16N4O2/c1-2-13-10-4-3-8(7-15-10)11(17)14-6-5-9(12)16/h3-4,7H,2,5-6H2,1H3,(H2,12,16)(H,13,15)(H,14,17). The molecule has 1 aromatic rings. The number of nitrogens with zero attached hydrogens (tertiary/aromatic N) is 1. The minimum absolute atomic E-state index is 0.134. The van der Waals surface area contributed by atoms with E-state index in [4.69, 9.17) is 5.73 Å². The number of amides is 2. The molecule has 17 heavy (non-hydrogen) atoms. The van der Waals surface area contributed by atoms with E-state index in [1.165, 1.54) is 6.20 Å². The number of primary amides is 1. The first-order chi connectivity index (χ1) is 8.13. The average Bonchev–Trinajstić information content (AvgIpc) is 2.30. The molecule has 0 fully saturated rings. The highest BCUT2D eigenvalue weighted by Crippen LogP contribution is 2.04. The van der Waals surface area contributed by atoms with Crippen LogP contribution in [0.3, 0.4) is 0 Å². The Morgan fingerprint density at radius 3 is 2.71 bits per heavy atom. The Morgan fingerprint density at radius 2 is 2.18 bits per heavy atom. The molecule has 0 bridgehead atoms. The van der Waals surface area contributed by atoms with Crippen molar-refractivity contribution in [3.63, 3.8) is 0 Å². The van der Waals surface area contributed by atoms with Gasteiger partial charge in [0.15, 0.2) is 0 Å². The van der Waals surface area contributed by atoms with Crippen LogP contribution in [0.15, 0.2) is 18.3 Å². The third-order valence-electron chi connectivity index (χ3n) is 2.04. The van der Waals surface area contributed by atoms with Gasteiger partial charge in [0.25, 0.3) is 5.91 Å². The number of nitrogens with two attached hydrogens (primary N) is 1. The van der Waals surface area contributed by atoms with Gasteiger partial charge in [-0.05, 0) is 19.1 Å². The van der Waals surface area contributed by atoms with Gasteiger partial charge in [0.2, 0.25) is 5.91 Å². The van der Waals surface area contributed by atoms with Gasteiger partial charge >= 0.3 is 0 Å². The SMILES string of the molecule is CCNc1ccc(C(=O)NCCC(N)=O)cn1. The summed E-state index contributed by atoms with van der Waals surface area (Å²) in [6, 6.07) is 3.40. The van der Waals surface area contributed by atoms with Crippen LogP contribution in [0.1, 0.15) is 23.7 Å². The number of aromatic nitrogens is 1. The van der Waals surface area contributed by atoms with E-state index >= 15 is 0 Å². The number of rotatable bonds is 6. The largest absolute Gasteiger partial charge is 0.370 e. The van der Waals surface area contributed by atoms with Crippen molar-refractivity contribution in [3.05, 3.63) is 23.9 Å². The number of carbonyl (C=O) groups excluding carboxylic acids is 2. The summed E-state index contributed by atoms with van der Waals surface area (Å²) < 4.78 is 0. The Kier molecular flexibility index (Phi) is 4.93. The van der Waals surface area contributed by atoms with E-state index in [1.54, 1.807) is 12.1 Å². The zero-order chi connectivity index (χ0) is 12.7. The van der Waals surface area contributed by atoms with Crippen molar-refractivity contribution in [1.82, 2.24) is 10.3 Å². The van der Waals surface area contributed by atoms with Gasteiger partial charge in [-0.1, -0.05) is 0 Å². The highest BCUT2D eigenvalue weighted by atomic mass is 16.2. The number of pyridine rings is 1. The number of hydrogen-bond donors (Lipinski definition) is 3. The van der Waals surface area contributed by atoms with Gasteiger partial charge in [-0.2, -0.15) is 0 Å². The van der Waals surface area contributed by atoms with Crippen LogP contribution in [0.5, 0.6) is 0 Å². The molecule has 0 aliphatic carbocycles. The Labute approximate surface area is 99.6 Å². The zero-order valence-corrected chi connectivity index (χ0v) is 9.69. The van der Waals surface area contributed by atoms with E-state index in [-0.39, 0.29) is 18.9 Å². The van der Waals surface area contributed by atoms with Crippen molar-refractivity contribution < 1.29 is 9.59 Å². The Hall–Kier alpha value is -2.11. The second-order valence-electron chi connectivity index (χ2n) is 3.43. The highest BCUT2D eigenvalue weighted by molar-refractivity contribution is 5.94. The van der Waals surface area contributed by atoms with Crippen molar-refractivity contribution in [2.75, 3.05) is 18.4 Å². The maximum atomic E-state index is 11.6. The molecule has 6 nitrogen and oxygen atoms in total. The Bertz CT molecular complexity index is 389. The maximum Gasteiger partial charge on any atom is 0.252 e. The summed E-state index contributed by atoms with van der Waals surface area (Å²) in [4.78, 5) is 26.1. The van der Waals surface area contributed by atoms with Gasteiger partial charge in [-0.3, -0.25) is 9.59 Å². The highest BCUT2D eigenvalue weighted by Gasteiger charge is 2.05. The molecule has 2 amide bonds. The van der Waals surface area contributed by atoms with Crippen LogP contribution >= 0.6 is 0 Å². The molecule has 6 heteroatoms. The summed E-state index contributed by atoms with van der Waals surface area (Å²) in [5.74, 6) is 0.0221. The van der Waals surface area contributed by atoms with Gasteiger partial charge < -0.3 is 16.4 Å². The molecule has 4 N–H and O–H groups in total. The summed E-state index contributed by atoms with van der Waals surface area (Å²) in [5.41, 5.74) is 5.41. The third-order valence-corrected chi connectivity index (χ3v) is 2.04. The lowest BCUT2D eigenvalue weighted by atomic mass is 10.2. The van der Waals surface area contributed by atoms with Crippen LogP contribution in [-0.2, 0) is 4.79 Å². The molecule has 0 aliphatic heterocycles. The molecule has 0 aliphatic rings. The van der Waals surface area contributed by atoms with Crippen molar-refractivity contribution in [3.8, 4) is 0 Å². The molecule has 0 spiro atoms. The van der Waals surface area contributed by atoms with Crippen LogP contribution in [0.4, 0.5) is 5.82 Å². The molecule has 1 heterocycles. The smallest absolute Gasteiger partial charge is 0.252 e. The van der Waals surface area contributed by atoms with Gasteiger partial charge in [0, 0.05) is 25.7 Å². The van der Waals surface area contributed by atoms with Crippen LogP contribution in [0.25, 0.3) is 0 Å². The molecule has 92 valence electrons. The molecule has 1 aromatic heterocycles. The fraction of sp³-hybridized carbons (Fsp3) is 0.364. The monoisotopic (exact) mass is 236 g/mol. The van der Waals surface area contributed by atoms with E-state index < -0.39 is 5.91 Å². The Balaban J connectivity index is 2.48. The van der Waals surface area contributed by atoms with E-state index in [1.807, 2.05) is 6.92 Å². The van der Waals surface area contributed by atoms with Crippen molar-refractivity contribution in [2.45, 2.75) is 13.3 Å². The number of carbonyl (C=O) groups is 2. The fourth-order valence-corrected chi connectivity index (χ4v) is 1.22. The van der Waals surface area contributed by atoms with Crippen LogP contribution in [0.2, 0.25) is 0 Å². The lowest BCUT2D eigenvalue weighted by Crippen LogP contribution is -2.27. The van der Waals surface area contributed by atoms with Crippen molar-refractivity contribution in [2.24, 2.45) is 5.73 Å². The first-order valence-corrected chi connectivity index (χ1v) is 5.40. The minimum atomic E-state index is -0.439. The van der Waals surface area contributed by atoms with E-state index in [0.717, 1.165) is 12.4 Å². The lowest BCUT2D eigenvalue weighted by molar-refractivity contribution is -0.117. The maximum absolute atomic E-state index is 11.6. The zero-order valence-electron chi connectivity index (χ0n) is 9.69. The van der Waals surface area contributed by atoms with Crippen LogP contribution in [-0.4, -0.2) is 29.9 Å². The van der Waals surface area contributed by atoms with E-state index in [0.29, 0.717) is 5.56 Å². The summed E-state index contributed by atoms with van der Waals surface area (Å²) in [6.07, 6.45) is 1.62. The number of hydrogen-bond acceptors (Lipinski definition) is 4. The fourth-order valence-electron chi connectivity index (χ4n) is 1.22. The second kappa shape index (κ2) is 6.47. The minimum Gasteiger partial charge on any atom is -0.370 e. The van der Waals surface area contributed by atoms with Crippen LogP contribution < -0.4 is 16.4 Å². The van der Waals surface area contributed by atoms with Gasteiger partial charge in [-0.15, -0.1) is 0 Å². The molecule has 1 rings (SSSR count). The molecule has 0 radical (unpaired) electrons. The van der Waals surface area contributed by atoms with Crippen molar-refractivity contribution in [1.29, 1.82) is 0 Å². The molecule has 0 aromatic carbocycles. The third kappa shape index (κ3) is 4.50. The normalized spacial score (nSPS) is 9.71. The summed E-state index contributed by atoms with van der Waals surface area (Å²) >= 11 is 0. The molecular weight excluding hydrogens is 220 g/mol. The summed E-state index contributed by atoms with van der Waals surface area (Å²) in [7, 11) is 0. The predicted molar refractivity (Wildman–Crippen MR) is 64.5 cm³/mol. The van der Waals surface area contributed by atoms with E-state index in [2.05, 4.69) is 15.6 Å². The first kappa shape index (κ1) is 13.0. The molecule has 0 unspecified atom stereocenters.